The van der Waals surface area contributed by atoms with Crippen LogP contribution in [0.25, 0.3) is 11.2 Å². The monoisotopic (exact) mass is 784 g/mol. The van der Waals surface area contributed by atoms with Gasteiger partial charge in [-0.1, -0.05) is 48.7 Å². The van der Waals surface area contributed by atoms with Gasteiger partial charge in [0.1, 0.15) is 18.5 Å². The van der Waals surface area contributed by atoms with E-state index in [0.717, 1.165) is 31.1 Å². The molecule has 0 saturated carbocycles. The fraction of sp³-hybridized carbons (Fsp3) is 0.459. The number of nitrogens with zero attached hydrogens (tertiary/aromatic N) is 8. The summed E-state index contributed by atoms with van der Waals surface area (Å²) in [5.74, 6) is 0.174. The highest BCUT2D eigenvalue weighted by Crippen LogP contribution is 2.44. The summed E-state index contributed by atoms with van der Waals surface area (Å²) in [6.45, 7) is 11.2. The number of benzene rings is 2. The van der Waals surface area contributed by atoms with Gasteiger partial charge in [-0.15, -0.1) is 0 Å². The van der Waals surface area contributed by atoms with Crippen molar-refractivity contribution in [3.05, 3.63) is 96.6 Å². The van der Waals surface area contributed by atoms with Gasteiger partial charge in [-0.25, -0.2) is 9.78 Å². The fourth-order valence-electron chi connectivity index (χ4n) is 7.24. The van der Waals surface area contributed by atoms with Crippen molar-refractivity contribution < 1.29 is 14.2 Å². The molecule has 13 nitrogen and oxygen atoms in total. The number of anilines is 2. The van der Waals surface area contributed by atoms with Gasteiger partial charge < -0.3 is 33.1 Å². The molecule has 2 unspecified atom stereocenters. The average Bonchev–Trinajstić information content (AvgIpc) is 3.91. The lowest BCUT2D eigenvalue weighted by Crippen LogP contribution is -2.47. The number of fused-ring (bicyclic) bond motifs is 1. The van der Waals surface area contributed by atoms with Crippen LogP contribution in [0.15, 0.2) is 64.7 Å². The highest BCUT2D eigenvalue weighted by Gasteiger charge is 2.47. The molecule has 0 amide bonds. The topological polar surface area (TPSA) is 114 Å². The van der Waals surface area contributed by atoms with E-state index in [2.05, 4.69) is 26.9 Å². The van der Waals surface area contributed by atoms with E-state index in [1.165, 1.54) is 4.57 Å². The maximum absolute atomic E-state index is 13.6. The number of ether oxygens (including phenoxy) is 3. The Hall–Kier alpha value is -4.01. The maximum atomic E-state index is 13.6. The molecular weight excluding hydrogens is 743 g/mol. The highest BCUT2D eigenvalue weighted by atomic mass is 35.5. The Morgan fingerprint density at radius 2 is 1.58 bits per heavy atom. The molecule has 53 heavy (non-hydrogen) atoms. The second kappa shape index (κ2) is 15.8. The van der Waals surface area contributed by atoms with Crippen molar-refractivity contribution in [3.8, 4) is 5.75 Å². The van der Waals surface area contributed by atoms with Crippen LogP contribution in [0.5, 0.6) is 5.75 Å². The van der Waals surface area contributed by atoms with Crippen LogP contribution in [0.3, 0.4) is 0 Å². The Morgan fingerprint density at radius 1 is 0.906 bits per heavy atom. The second-order valence-corrected chi connectivity index (χ2v) is 14.5. The van der Waals surface area contributed by atoms with E-state index in [4.69, 9.17) is 54.0 Å². The lowest BCUT2D eigenvalue weighted by Gasteiger charge is -2.36. The quantitative estimate of drug-likeness (QED) is 0.141. The lowest BCUT2D eigenvalue weighted by atomic mass is 10.1. The van der Waals surface area contributed by atoms with Crippen LogP contribution in [-0.4, -0.2) is 73.7 Å². The zero-order chi connectivity index (χ0) is 37.3. The van der Waals surface area contributed by atoms with Gasteiger partial charge in [0.2, 0.25) is 11.7 Å². The maximum Gasteiger partial charge on any atom is 0.332 e. The predicted molar refractivity (Wildman–Crippen MR) is 207 cm³/mol. The van der Waals surface area contributed by atoms with E-state index >= 15 is 0 Å². The molecule has 5 aromatic rings. The van der Waals surface area contributed by atoms with Gasteiger partial charge in [0, 0.05) is 68.9 Å². The van der Waals surface area contributed by atoms with Crippen LogP contribution in [0.4, 0.5) is 11.6 Å². The van der Waals surface area contributed by atoms with Crippen LogP contribution in [0.1, 0.15) is 39.2 Å². The molecule has 0 spiro atoms. The number of rotatable bonds is 13. The number of halogens is 3. The summed E-state index contributed by atoms with van der Waals surface area (Å²) in [6.07, 6.45) is 6.24. The number of aromatic nitrogens is 6. The van der Waals surface area contributed by atoms with Crippen molar-refractivity contribution in [1.29, 1.82) is 0 Å². The molecule has 0 radical (unpaired) electrons. The van der Waals surface area contributed by atoms with Crippen LogP contribution in [-0.2, 0) is 41.4 Å². The van der Waals surface area contributed by atoms with Crippen LogP contribution >= 0.6 is 34.8 Å². The molecular formula is C37H43Cl3N8O5. The predicted octanol–water partition coefficient (Wildman–Crippen LogP) is 6.03. The molecule has 0 bridgehead atoms. The average molecular weight is 786 g/mol. The Kier molecular flexibility index (Phi) is 11.1. The van der Waals surface area contributed by atoms with Gasteiger partial charge in [-0.3, -0.25) is 13.9 Å². The lowest BCUT2D eigenvalue weighted by molar-refractivity contribution is -0.189. The van der Waals surface area contributed by atoms with Crippen molar-refractivity contribution >= 4 is 57.6 Å². The molecule has 16 heteroatoms. The van der Waals surface area contributed by atoms with Gasteiger partial charge in [0.15, 0.2) is 11.2 Å². The summed E-state index contributed by atoms with van der Waals surface area (Å²) in [4.78, 5) is 40.4. The smallest absolute Gasteiger partial charge is 0.332 e. The molecule has 2 atom stereocenters. The van der Waals surface area contributed by atoms with Crippen molar-refractivity contribution in [3.63, 3.8) is 0 Å². The SMILES string of the molecule is CCCn1c(=O)c2c(nc(N3CCN(c4ccc(OCC5COC(Cn6ccnc6)(c6c(Cl)cc(Cl)cc6Cl)O5)cc4)CC3)n2CC)n(CCC)c1=O. The summed E-state index contributed by atoms with van der Waals surface area (Å²) in [7, 11) is 0. The largest absolute Gasteiger partial charge is 0.491 e. The van der Waals surface area contributed by atoms with E-state index in [0.29, 0.717) is 76.7 Å². The normalized spacial score (nSPS) is 19.1. The number of hydrogen-bond donors (Lipinski definition) is 0. The molecule has 2 saturated heterocycles. The van der Waals surface area contributed by atoms with Crippen LogP contribution in [0.2, 0.25) is 15.1 Å². The molecule has 2 fully saturated rings. The third kappa shape index (κ3) is 7.29. The molecule has 282 valence electrons. The summed E-state index contributed by atoms with van der Waals surface area (Å²) in [5.41, 5.74) is 2.00. The first-order chi connectivity index (χ1) is 25.7. The Bertz CT molecular complexity index is 2150. The van der Waals surface area contributed by atoms with Gasteiger partial charge >= 0.3 is 5.69 Å². The molecule has 5 heterocycles. The van der Waals surface area contributed by atoms with Gasteiger partial charge in [0.25, 0.3) is 5.56 Å². The third-order valence-electron chi connectivity index (χ3n) is 9.70. The molecule has 3 aromatic heterocycles. The van der Waals surface area contributed by atoms with E-state index in [1.54, 1.807) is 29.2 Å². The Labute approximate surface area is 322 Å². The fourth-order valence-corrected chi connectivity index (χ4v) is 8.34. The molecule has 0 aliphatic carbocycles. The number of piperazine rings is 1. The first kappa shape index (κ1) is 37.3. The standard InChI is InChI=1S/C37H43Cl3N8O5/c1-4-12-47-33-32(34(49)48(13-5-2)36(47)50)46(6-3)35(42-33)45-17-15-44(16-18-45)26-7-9-27(10-8-26)51-21-28-22-52-37(53-28,23-43-14-11-41-24-43)31-29(39)19-25(38)20-30(31)40/h7-11,14,19-20,24,28H,4-6,12-13,15-18,21-23H2,1-3H3. The van der Waals surface area contributed by atoms with E-state index in [-0.39, 0.29) is 31.0 Å². The van der Waals surface area contributed by atoms with Crippen LogP contribution in [0, 0.1) is 0 Å². The molecule has 7 rings (SSSR count). The van der Waals surface area contributed by atoms with E-state index in [9.17, 15) is 9.59 Å². The zero-order valence-electron chi connectivity index (χ0n) is 30.0. The van der Waals surface area contributed by atoms with E-state index in [1.807, 2.05) is 48.2 Å². The summed E-state index contributed by atoms with van der Waals surface area (Å²) < 4.78 is 25.8. The summed E-state index contributed by atoms with van der Waals surface area (Å²) in [6, 6.07) is 11.3. The van der Waals surface area contributed by atoms with Crippen molar-refractivity contribution in [1.82, 2.24) is 28.2 Å². The van der Waals surface area contributed by atoms with Crippen molar-refractivity contribution in [2.24, 2.45) is 0 Å². The molecule has 2 aromatic carbocycles. The minimum Gasteiger partial charge on any atom is -0.491 e. The first-order valence-electron chi connectivity index (χ1n) is 18.1. The molecule has 2 aliphatic heterocycles. The van der Waals surface area contributed by atoms with Gasteiger partial charge in [-0.2, -0.15) is 4.98 Å². The molecule has 0 N–H and O–H groups in total. The second-order valence-electron chi connectivity index (χ2n) is 13.3. The number of imidazole rings is 2. The Balaban J connectivity index is 1.01. The third-order valence-corrected chi connectivity index (χ3v) is 10.5. The van der Waals surface area contributed by atoms with Crippen LogP contribution < -0.4 is 25.8 Å². The number of hydrogen-bond acceptors (Lipinski definition) is 9. The summed E-state index contributed by atoms with van der Waals surface area (Å²) in [5, 5.41) is 1.11. The van der Waals surface area contributed by atoms with Gasteiger partial charge in [-0.05, 0) is 56.2 Å². The Morgan fingerprint density at radius 3 is 2.23 bits per heavy atom. The van der Waals surface area contributed by atoms with Gasteiger partial charge in [0.05, 0.1) is 35.1 Å². The number of aryl methyl sites for hydroxylation is 2. The zero-order valence-corrected chi connectivity index (χ0v) is 32.3. The van der Waals surface area contributed by atoms with E-state index < -0.39 is 11.9 Å². The van der Waals surface area contributed by atoms with Crippen molar-refractivity contribution in [2.45, 2.75) is 71.7 Å². The highest BCUT2D eigenvalue weighted by molar-refractivity contribution is 6.39. The molecule has 2 aliphatic rings. The first-order valence-corrected chi connectivity index (χ1v) is 19.2. The van der Waals surface area contributed by atoms with Crippen molar-refractivity contribution in [2.75, 3.05) is 49.2 Å². The minimum atomic E-state index is -1.26. The minimum absolute atomic E-state index is 0.251. The summed E-state index contributed by atoms with van der Waals surface area (Å²) >= 11 is 19.5.